The summed E-state index contributed by atoms with van der Waals surface area (Å²) >= 11 is 5.95. The first-order valence-corrected chi connectivity index (χ1v) is 7.78. The average Bonchev–Trinajstić information content (AvgIpc) is 2.57. The lowest BCUT2D eigenvalue weighted by atomic mass is 9.99. The Balaban J connectivity index is 1.67. The molecule has 0 unspecified atom stereocenters. The van der Waals surface area contributed by atoms with Crippen molar-refractivity contribution in [1.29, 1.82) is 0 Å². The van der Waals surface area contributed by atoms with E-state index in [1.54, 1.807) is 6.33 Å². The second-order valence-electron chi connectivity index (χ2n) is 5.37. The van der Waals surface area contributed by atoms with Crippen LogP contribution in [0.3, 0.4) is 0 Å². The van der Waals surface area contributed by atoms with E-state index in [0.29, 0.717) is 0 Å². The molecule has 1 aliphatic rings. The average molecular weight is 315 g/mol. The third-order valence-corrected chi connectivity index (χ3v) is 4.18. The Labute approximate surface area is 135 Å². The number of aromatic nitrogens is 2. The van der Waals surface area contributed by atoms with Crippen molar-refractivity contribution in [3.8, 4) is 0 Å². The van der Waals surface area contributed by atoms with Crippen molar-refractivity contribution in [2.75, 3.05) is 25.5 Å². The third-order valence-electron chi connectivity index (χ3n) is 3.93. The summed E-state index contributed by atoms with van der Waals surface area (Å²) in [6.07, 6.45) is 6.81. The first-order chi connectivity index (χ1) is 10.8. The largest absolute Gasteiger partial charge is 0.373 e. The van der Waals surface area contributed by atoms with Crippen LogP contribution in [0.1, 0.15) is 17.5 Å². The zero-order valence-corrected chi connectivity index (χ0v) is 13.3. The molecular weight excluding hydrogens is 296 g/mol. The van der Waals surface area contributed by atoms with Crippen LogP contribution in [-0.4, -0.2) is 35.0 Å². The summed E-state index contributed by atoms with van der Waals surface area (Å²) in [5, 5.41) is 3.90. The van der Waals surface area contributed by atoms with E-state index in [9.17, 15) is 0 Å². The lowest BCUT2D eigenvalue weighted by Gasteiger charge is -2.26. The molecule has 3 rings (SSSR count). The number of halogens is 1. The molecule has 0 amide bonds. The molecule has 114 valence electrons. The number of hydrogen-bond acceptors (Lipinski definition) is 4. The molecule has 0 aliphatic carbocycles. The maximum atomic E-state index is 5.95. The van der Waals surface area contributed by atoms with E-state index in [1.807, 2.05) is 25.4 Å². The van der Waals surface area contributed by atoms with E-state index < -0.39 is 0 Å². The van der Waals surface area contributed by atoms with Gasteiger partial charge in [-0.05, 0) is 29.7 Å². The van der Waals surface area contributed by atoms with Crippen LogP contribution >= 0.6 is 11.6 Å². The van der Waals surface area contributed by atoms with Crippen LogP contribution in [0.5, 0.6) is 0 Å². The molecule has 0 spiro atoms. The van der Waals surface area contributed by atoms with Gasteiger partial charge in [0.25, 0.3) is 0 Å². The highest BCUT2D eigenvalue weighted by atomic mass is 35.5. The maximum absolute atomic E-state index is 5.95. The summed E-state index contributed by atoms with van der Waals surface area (Å²) in [6.45, 7) is 2.84. The fourth-order valence-electron chi connectivity index (χ4n) is 2.72. The molecule has 2 aromatic rings. The van der Waals surface area contributed by atoms with Gasteiger partial charge in [-0.1, -0.05) is 29.8 Å². The molecule has 0 saturated carbocycles. The third kappa shape index (κ3) is 3.46. The zero-order valence-electron chi connectivity index (χ0n) is 12.6. The van der Waals surface area contributed by atoms with Gasteiger partial charge in [0.05, 0.1) is 0 Å². The monoisotopic (exact) mass is 314 g/mol. The Morgan fingerprint density at radius 3 is 2.77 bits per heavy atom. The summed E-state index contributed by atoms with van der Waals surface area (Å²) in [4.78, 5) is 10.8. The topological polar surface area (TPSA) is 41.1 Å². The first kappa shape index (κ1) is 15.0. The molecule has 22 heavy (non-hydrogen) atoms. The van der Waals surface area contributed by atoms with Crippen molar-refractivity contribution in [3.63, 3.8) is 0 Å². The normalized spacial score (nSPS) is 15.5. The first-order valence-electron chi connectivity index (χ1n) is 7.40. The molecule has 4 nitrogen and oxygen atoms in total. The van der Waals surface area contributed by atoms with Crippen molar-refractivity contribution in [2.24, 2.45) is 0 Å². The van der Waals surface area contributed by atoms with E-state index >= 15 is 0 Å². The van der Waals surface area contributed by atoms with Crippen molar-refractivity contribution >= 4 is 23.0 Å². The number of nitrogens with zero attached hydrogens (tertiary/aromatic N) is 3. The van der Waals surface area contributed by atoms with E-state index in [4.69, 9.17) is 11.6 Å². The smallest absolute Gasteiger partial charge is 0.133 e. The molecule has 0 saturated heterocycles. The molecule has 5 heteroatoms. The fourth-order valence-corrected chi connectivity index (χ4v) is 2.85. The Hall–Kier alpha value is -1.91. The Kier molecular flexibility index (Phi) is 4.71. The van der Waals surface area contributed by atoms with Crippen molar-refractivity contribution in [2.45, 2.75) is 13.0 Å². The van der Waals surface area contributed by atoms with Gasteiger partial charge in [-0.25, -0.2) is 9.97 Å². The van der Waals surface area contributed by atoms with Crippen LogP contribution in [-0.2, 0) is 6.54 Å². The van der Waals surface area contributed by atoms with Gasteiger partial charge in [-0.2, -0.15) is 0 Å². The molecule has 1 aromatic heterocycles. The fraction of sp³-hybridized carbons (Fsp3) is 0.294. The van der Waals surface area contributed by atoms with Crippen molar-refractivity contribution < 1.29 is 0 Å². The minimum absolute atomic E-state index is 0.783. The molecule has 2 heterocycles. The van der Waals surface area contributed by atoms with Gasteiger partial charge in [0.1, 0.15) is 12.1 Å². The summed E-state index contributed by atoms with van der Waals surface area (Å²) in [5.41, 5.74) is 3.79. The minimum Gasteiger partial charge on any atom is -0.373 e. The molecule has 0 atom stereocenters. The predicted octanol–water partition coefficient (Wildman–Crippen LogP) is 3.46. The Bertz CT molecular complexity index is 667. The lowest BCUT2D eigenvalue weighted by Crippen LogP contribution is -2.28. The van der Waals surface area contributed by atoms with Gasteiger partial charge in [-0.15, -0.1) is 0 Å². The molecule has 0 radical (unpaired) electrons. The quantitative estimate of drug-likeness (QED) is 0.938. The van der Waals surface area contributed by atoms with E-state index in [1.165, 1.54) is 11.1 Å². The second kappa shape index (κ2) is 6.90. The summed E-state index contributed by atoms with van der Waals surface area (Å²) in [6, 6.07) is 8.08. The van der Waals surface area contributed by atoms with E-state index in [0.717, 1.165) is 42.5 Å². The Morgan fingerprint density at radius 1 is 1.27 bits per heavy atom. The summed E-state index contributed by atoms with van der Waals surface area (Å²) in [5.74, 6) is 0.905. The van der Waals surface area contributed by atoms with Gasteiger partial charge in [0, 0.05) is 43.5 Å². The predicted molar refractivity (Wildman–Crippen MR) is 90.9 cm³/mol. The molecule has 1 aromatic carbocycles. The standard InChI is InChI=1S/C17H19ClN4/c1-19-17-15(10-20-12-21-17)11-22-8-6-14(7-9-22)13-2-4-16(18)5-3-13/h2-6,10,12H,7-9,11H2,1H3,(H,19,20,21). The van der Waals surface area contributed by atoms with Crippen LogP contribution in [0.2, 0.25) is 5.02 Å². The highest BCUT2D eigenvalue weighted by molar-refractivity contribution is 6.30. The van der Waals surface area contributed by atoms with Gasteiger partial charge < -0.3 is 5.32 Å². The van der Waals surface area contributed by atoms with Crippen molar-refractivity contribution in [3.05, 3.63) is 59.0 Å². The molecule has 0 fully saturated rings. The number of rotatable bonds is 4. The highest BCUT2D eigenvalue weighted by Crippen LogP contribution is 2.25. The molecule has 1 aliphatic heterocycles. The minimum atomic E-state index is 0.783. The van der Waals surface area contributed by atoms with E-state index in [-0.39, 0.29) is 0 Å². The van der Waals surface area contributed by atoms with Gasteiger partial charge >= 0.3 is 0 Å². The highest BCUT2D eigenvalue weighted by Gasteiger charge is 2.15. The SMILES string of the molecule is CNc1ncncc1CN1CC=C(c2ccc(Cl)cc2)CC1. The second-order valence-corrected chi connectivity index (χ2v) is 5.80. The van der Waals surface area contributed by atoms with Gasteiger partial charge in [-0.3, -0.25) is 4.90 Å². The van der Waals surface area contributed by atoms with E-state index in [2.05, 4.69) is 38.4 Å². The molecule has 0 bridgehead atoms. The number of hydrogen-bond donors (Lipinski definition) is 1. The number of anilines is 1. The van der Waals surface area contributed by atoms with Crippen LogP contribution in [0, 0.1) is 0 Å². The summed E-state index contributed by atoms with van der Waals surface area (Å²) < 4.78 is 0. The van der Waals surface area contributed by atoms with Crippen LogP contribution < -0.4 is 5.32 Å². The number of nitrogens with one attached hydrogen (secondary N) is 1. The summed E-state index contributed by atoms with van der Waals surface area (Å²) in [7, 11) is 1.89. The van der Waals surface area contributed by atoms with Crippen molar-refractivity contribution in [1.82, 2.24) is 14.9 Å². The van der Waals surface area contributed by atoms with Crippen LogP contribution in [0.25, 0.3) is 5.57 Å². The lowest BCUT2D eigenvalue weighted by molar-refractivity contribution is 0.293. The van der Waals surface area contributed by atoms with Crippen LogP contribution in [0.4, 0.5) is 5.82 Å². The van der Waals surface area contributed by atoms with Gasteiger partial charge in [0.2, 0.25) is 0 Å². The molecule has 1 N–H and O–H groups in total. The Morgan fingerprint density at radius 2 is 2.09 bits per heavy atom. The number of benzene rings is 1. The van der Waals surface area contributed by atoms with Crippen LogP contribution in [0.15, 0.2) is 42.9 Å². The zero-order chi connectivity index (χ0) is 15.4. The maximum Gasteiger partial charge on any atom is 0.133 e. The molecular formula is C17H19ClN4. The van der Waals surface area contributed by atoms with Gasteiger partial charge in [0.15, 0.2) is 0 Å².